The van der Waals surface area contributed by atoms with E-state index in [1.807, 2.05) is 56.3 Å². The van der Waals surface area contributed by atoms with E-state index in [0.29, 0.717) is 23.7 Å². The molecule has 0 saturated carbocycles. The maximum absolute atomic E-state index is 9.66. The summed E-state index contributed by atoms with van der Waals surface area (Å²) < 4.78 is 11.3. The molecule has 0 saturated heterocycles. The summed E-state index contributed by atoms with van der Waals surface area (Å²) in [6.45, 7) is 4.38. The molecule has 0 aliphatic rings. The van der Waals surface area contributed by atoms with Crippen LogP contribution in [-0.4, -0.2) is 23.1 Å². The van der Waals surface area contributed by atoms with Crippen LogP contribution in [0.2, 0.25) is 0 Å². The lowest BCUT2D eigenvalue weighted by Gasteiger charge is -2.13. The van der Waals surface area contributed by atoms with E-state index in [1.165, 1.54) is 0 Å². The zero-order chi connectivity index (χ0) is 19.9. The topological polar surface area (TPSA) is 76.0 Å². The standard InChI is InChI=1S/C22H23N3O3/c1-15-7-4-11-20(16(15)2)28-22-19(10-6-12-23-22)21(25-26)24-14-17-8-5-9-18(13-17)27-3/h4-13,26H,14H2,1-3H3,(H,24,25). The molecule has 0 unspecified atom stereocenters. The molecule has 3 aromatic rings. The SMILES string of the molecule is COc1cccc(CN=C(NO)c2cccnc2Oc2cccc(C)c2C)c1. The summed E-state index contributed by atoms with van der Waals surface area (Å²) >= 11 is 0. The normalized spacial score (nSPS) is 11.2. The van der Waals surface area contributed by atoms with Gasteiger partial charge in [-0.05, 0) is 60.9 Å². The summed E-state index contributed by atoms with van der Waals surface area (Å²) in [6, 6.07) is 17.0. The molecule has 0 radical (unpaired) electrons. The van der Waals surface area contributed by atoms with Crippen molar-refractivity contribution in [2.45, 2.75) is 20.4 Å². The quantitative estimate of drug-likeness (QED) is 0.378. The maximum atomic E-state index is 9.66. The van der Waals surface area contributed by atoms with Crippen LogP contribution in [0.15, 0.2) is 65.8 Å². The van der Waals surface area contributed by atoms with Gasteiger partial charge in [-0.25, -0.2) is 4.98 Å². The molecule has 0 aliphatic heterocycles. The fourth-order valence-corrected chi connectivity index (χ4v) is 2.71. The second kappa shape index (κ2) is 9.01. The molecule has 0 spiro atoms. The number of ether oxygens (including phenoxy) is 2. The van der Waals surface area contributed by atoms with E-state index < -0.39 is 0 Å². The van der Waals surface area contributed by atoms with E-state index in [2.05, 4.69) is 15.5 Å². The molecule has 6 nitrogen and oxygen atoms in total. The van der Waals surface area contributed by atoms with Gasteiger partial charge in [0.05, 0.1) is 19.2 Å². The van der Waals surface area contributed by atoms with Crippen LogP contribution in [0.5, 0.6) is 17.4 Å². The Morgan fingerprint density at radius 1 is 1.11 bits per heavy atom. The highest BCUT2D eigenvalue weighted by Crippen LogP contribution is 2.28. The third-order valence-electron chi connectivity index (χ3n) is 4.45. The number of methoxy groups -OCH3 is 1. The number of pyridine rings is 1. The highest BCUT2D eigenvalue weighted by Gasteiger charge is 2.13. The fraction of sp³-hybridized carbons (Fsp3) is 0.182. The Labute approximate surface area is 164 Å². The summed E-state index contributed by atoms with van der Waals surface area (Å²) in [7, 11) is 1.62. The lowest BCUT2D eigenvalue weighted by molar-refractivity contribution is 0.234. The molecule has 6 heteroatoms. The van der Waals surface area contributed by atoms with E-state index >= 15 is 0 Å². The second-order valence-corrected chi connectivity index (χ2v) is 6.28. The molecule has 144 valence electrons. The van der Waals surface area contributed by atoms with Crippen molar-refractivity contribution < 1.29 is 14.7 Å². The van der Waals surface area contributed by atoms with Gasteiger partial charge in [0, 0.05) is 6.20 Å². The Morgan fingerprint density at radius 2 is 1.93 bits per heavy atom. The molecule has 0 atom stereocenters. The summed E-state index contributed by atoms with van der Waals surface area (Å²) in [5.41, 5.74) is 5.84. The van der Waals surface area contributed by atoms with Gasteiger partial charge < -0.3 is 9.47 Å². The number of amidine groups is 1. The van der Waals surface area contributed by atoms with Gasteiger partial charge in [0.1, 0.15) is 11.5 Å². The molecule has 3 rings (SSSR count). The predicted molar refractivity (Wildman–Crippen MR) is 108 cm³/mol. The number of aryl methyl sites for hydroxylation is 1. The molecule has 28 heavy (non-hydrogen) atoms. The van der Waals surface area contributed by atoms with E-state index in [4.69, 9.17) is 9.47 Å². The second-order valence-electron chi connectivity index (χ2n) is 6.28. The Hall–Kier alpha value is -3.38. The third kappa shape index (κ3) is 4.47. The van der Waals surface area contributed by atoms with Crippen molar-refractivity contribution in [2.75, 3.05) is 7.11 Å². The summed E-state index contributed by atoms with van der Waals surface area (Å²) in [5, 5.41) is 9.66. The molecule has 0 amide bonds. The number of nitrogens with one attached hydrogen (secondary N) is 1. The van der Waals surface area contributed by atoms with Gasteiger partial charge in [-0.2, -0.15) is 0 Å². The largest absolute Gasteiger partial charge is 0.497 e. The molecule has 2 N–H and O–H groups in total. The Morgan fingerprint density at radius 3 is 2.71 bits per heavy atom. The molecule has 2 aromatic carbocycles. The van der Waals surface area contributed by atoms with Crippen LogP contribution >= 0.6 is 0 Å². The van der Waals surface area contributed by atoms with Crippen LogP contribution in [0.3, 0.4) is 0 Å². The number of rotatable bonds is 6. The van der Waals surface area contributed by atoms with Crippen molar-refractivity contribution in [3.8, 4) is 17.4 Å². The first-order valence-corrected chi connectivity index (χ1v) is 8.89. The fourth-order valence-electron chi connectivity index (χ4n) is 2.71. The number of aliphatic imine (C=N–C) groups is 1. The van der Waals surface area contributed by atoms with Gasteiger partial charge in [0.25, 0.3) is 0 Å². The van der Waals surface area contributed by atoms with Crippen LogP contribution in [-0.2, 0) is 6.54 Å². The molecule has 0 bridgehead atoms. The lowest BCUT2D eigenvalue weighted by atomic mass is 10.1. The van der Waals surface area contributed by atoms with E-state index in [0.717, 1.165) is 22.4 Å². The maximum Gasteiger partial charge on any atom is 0.230 e. The Bertz CT molecular complexity index is 986. The monoisotopic (exact) mass is 377 g/mol. The van der Waals surface area contributed by atoms with Crippen molar-refractivity contribution in [2.24, 2.45) is 4.99 Å². The highest BCUT2D eigenvalue weighted by molar-refractivity contribution is 6.00. The molecular weight excluding hydrogens is 354 g/mol. The minimum absolute atomic E-state index is 0.274. The van der Waals surface area contributed by atoms with Crippen molar-refractivity contribution in [3.63, 3.8) is 0 Å². The third-order valence-corrected chi connectivity index (χ3v) is 4.45. The number of benzene rings is 2. The Balaban J connectivity index is 1.89. The van der Waals surface area contributed by atoms with Crippen LogP contribution < -0.4 is 15.0 Å². The molecule has 0 fully saturated rings. The molecule has 0 aliphatic carbocycles. The Kier molecular flexibility index (Phi) is 6.24. The first-order valence-electron chi connectivity index (χ1n) is 8.89. The average molecular weight is 377 g/mol. The van der Waals surface area contributed by atoms with Crippen molar-refractivity contribution >= 4 is 5.84 Å². The lowest BCUT2D eigenvalue weighted by Crippen LogP contribution is -2.21. The molecule has 1 heterocycles. The summed E-state index contributed by atoms with van der Waals surface area (Å²) in [5.74, 6) is 2.11. The first-order chi connectivity index (χ1) is 13.6. The van der Waals surface area contributed by atoms with Crippen LogP contribution in [0, 0.1) is 13.8 Å². The van der Waals surface area contributed by atoms with Crippen molar-refractivity contribution in [1.29, 1.82) is 0 Å². The minimum atomic E-state index is 0.274. The van der Waals surface area contributed by atoms with Crippen LogP contribution in [0.4, 0.5) is 0 Å². The van der Waals surface area contributed by atoms with Crippen molar-refractivity contribution in [1.82, 2.24) is 10.5 Å². The number of nitrogens with zero attached hydrogens (tertiary/aromatic N) is 2. The minimum Gasteiger partial charge on any atom is -0.497 e. The van der Waals surface area contributed by atoms with E-state index in [1.54, 1.807) is 25.4 Å². The highest BCUT2D eigenvalue weighted by atomic mass is 16.5. The van der Waals surface area contributed by atoms with Crippen LogP contribution in [0.25, 0.3) is 0 Å². The van der Waals surface area contributed by atoms with Gasteiger partial charge in [-0.3, -0.25) is 15.7 Å². The van der Waals surface area contributed by atoms with E-state index in [9.17, 15) is 5.21 Å². The zero-order valence-corrected chi connectivity index (χ0v) is 16.1. The predicted octanol–water partition coefficient (Wildman–Crippen LogP) is 4.42. The zero-order valence-electron chi connectivity index (χ0n) is 16.1. The number of aromatic nitrogens is 1. The van der Waals surface area contributed by atoms with Gasteiger partial charge in [0.15, 0.2) is 5.84 Å². The van der Waals surface area contributed by atoms with Gasteiger partial charge in [0.2, 0.25) is 5.88 Å². The smallest absolute Gasteiger partial charge is 0.230 e. The number of hydrogen-bond acceptors (Lipinski definition) is 5. The van der Waals surface area contributed by atoms with E-state index in [-0.39, 0.29) is 5.84 Å². The average Bonchev–Trinajstić information content (AvgIpc) is 2.73. The number of hydroxylamine groups is 1. The number of hydrogen-bond donors (Lipinski definition) is 2. The summed E-state index contributed by atoms with van der Waals surface area (Å²) in [6.07, 6.45) is 1.64. The van der Waals surface area contributed by atoms with Gasteiger partial charge in [-0.15, -0.1) is 0 Å². The summed E-state index contributed by atoms with van der Waals surface area (Å²) in [4.78, 5) is 8.80. The molecule has 1 aromatic heterocycles. The van der Waals surface area contributed by atoms with Gasteiger partial charge >= 0.3 is 0 Å². The van der Waals surface area contributed by atoms with Gasteiger partial charge in [-0.1, -0.05) is 24.3 Å². The molecular formula is C22H23N3O3. The van der Waals surface area contributed by atoms with Crippen LogP contribution in [0.1, 0.15) is 22.3 Å². The van der Waals surface area contributed by atoms with Crippen molar-refractivity contribution in [3.05, 3.63) is 83.0 Å². The first kappa shape index (κ1) is 19.4.